The van der Waals surface area contributed by atoms with Crippen LogP contribution in [0, 0.1) is 0 Å². The molecule has 0 unspecified atom stereocenters. The SMILES string of the molecule is O=C(NCCCCCCCNC(=O)c1ccc2c(c1)OCO2)c1ccc2c(c1)OCO2. The summed E-state index contributed by atoms with van der Waals surface area (Å²) in [6.07, 6.45) is 4.94. The molecule has 31 heavy (non-hydrogen) atoms. The van der Waals surface area contributed by atoms with Crippen LogP contribution in [-0.2, 0) is 0 Å². The molecule has 2 aliphatic rings. The van der Waals surface area contributed by atoms with Crippen molar-refractivity contribution in [3.63, 3.8) is 0 Å². The predicted octanol–water partition coefficient (Wildman–Crippen LogP) is 3.25. The Balaban J connectivity index is 1.04. The maximum Gasteiger partial charge on any atom is 0.251 e. The molecule has 0 spiro atoms. The van der Waals surface area contributed by atoms with E-state index in [4.69, 9.17) is 18.9 Å². The van der Waals surface area contributed by atoms with E-state index in [2.05, 4.69) is 10.6 Å². The molecule has 2 N–H and O–H groups in total. The van der Waals surface area contributed by atoms with Crippen molar-refractivity contribution in [1.29, 1.82) is 0 Å². The molecule has 8 nitrogen and oxygen atoms in total. The first-order valence-corrected chi connectivity index (χ1v) is 10.6. The van der Waals surface area contributed by atoms with E-state index in [0.717, 1.165) is 32.1 Å². The average molecular weight is 426 g/mol. The van der Waals surface area contributed by atoms with Crippen LogP contribution < -0.4 is 29.6 Å². The van der Waals surface area contributed by atoms with Crippen LogP contribution in [0.1, 0.15) is 52.8 Å². The Morgan fingerprint density at radius 1 is 0.613 bits per heavy atom. The van der Waals surface area contributed by atoms with Crippen LogP contribution in [0.25, 0.3) is 0 Å². The molecule has 0 radical (unpaired) electrons. The molecule has 2 aromatic carbocycles. The molecule has 0 saturated carbocycles. The smallest absolute Gasteiger partial charge is 0.251 e. The van der Waals surface area contributed by atoms with Gasteiger partial charge in [0.25, 0.3) is 11.8 Å². The molecular weight excluding hydrogens is 400 g/mol. The van der Waals surface area contributed by atoms with Gasteiger partial charge in [0.1, 0.15) is 0 Å². The monoisotopic (exact) mass is 426 g/mol. The molecule has 2 heterocycles. The number of hydrogen-bond acceptors (Lipinski definition) is 6. The lowest BCUT2D eigenvalue weighted by molar-refractivity contribution is 0.0945. The highest BCUT2D eigenvalue weighted by Crippen LogP contribution is 2.33. The third-order valence-corrected chi connectivity index (χ3v) is 5.19. The fraction of sp³-hybridized carbons (Fsp3) is 0.391. The van der Waals surface area contributed by atoms with Crippen molar-refractivity contribution in [1.82, 2.24) is 10.6 Å². The molecule has 0 fully saturated rings. The van der Waals surface area contributed by atoms with E-state index in [1.165, 1.54) is 0 Å². The molecule has 164 valence electrons. The van der Waals surface area contributed by atoms with Crippen molar-refractivity contribution in [2.24, 2.45) is 0 Å². The number of rotatable bonds is 10. The van der Waals surface area contributed by atoms with Gasteiger partial charge in [-0.05, 0) is 49.2 Å². The first kappa shape index (κ1) is 20.8. The highest BCUT2D eigenvalue weighted by atomic mass is 16.7. The van der Waals surface area contributed by atoms with Crippen molar-refractivity contribution in [3.05, 3.63) is 47.5 Å². The van der Waals surface area contributed by atoms with Gasteiger partial charge in [-0.1, -0.05) is 19.3 Å². The van der Waals surface area contributed by atoms with Gasteiger partial charge >= 0.3 is 0 Å². The lowest BCUT2D eigenvalue weighted by Crippen LogP contribution is -2.24. The number of carbonyl (C=O) groups excluding carboxylic acids is 2. The molecule has 0 aromatic heterocycles. The number of unbranched alkanes of at least 4 members (excludes halogenated alkanes) is 4. The Bertz CT molecular complexity index is 870. The minimum atomic E-state index is -0.107. The predicted molar refractivity (Wildman–Crippen MR) is 113 cm³/mol. The van der Waals surface area contributed by atoms with Crippen LogP contribution in [-0.4, -0.2) is 38.5 Å². The van der Waals surface area contributed by atoms with E-state index in [9.17, 15) is 9.59 Å². The van der Waals surface area contributed by atoms with Crippen LogP contribution in [0.15, 0.2) is 36.4 Å². The molecule has 2 aliphatic heterocycles. The number of ether oxygens (including phenoxy) is 4. The van der Waals surface area contributed by atoms with Gasteiger partial charge in [-0.3, -0.25) is 9.59 Å². The molecule has 0 bridgehead atoms. The molecule has 4 rings (SSSR count). The van der Waals surface area contributed by atoms with E-state index >= 15 is 0 Å². The van der Waals surface area contributed by atoms with Crippen molar-refractivity contribution in [3.8, 4) is 23.0 Å². The second-order valence-corrected chi connectivity index (χ2v) is 7.42. The summed E-state index contributed by atoms with van der Waals surface area (Å²) in [5.74, 6) is 2.35. The Morgan fingerprint density at radius 2 is 1.03 bits per heavy atom. The van der Waals surface area contributed by atoms with Crippen molar-refractivity contribution >= 4 is 11.8 Å². The van der Waals surface area contributed by atoms with E-state index in [-0.39, 0.29) is 25.4 Å². The lowest BCUT2D eigenvalue weighted by Gasteiger charge is -2.07. The zero-order chi connectivity index (χ0) is 21.5. The topological polar surface area (TPSA) is 95.1 Å². The Labute approximate surface area is 180 Å². The maximum absolute atomic E-state index is 12.2. The molecule has 0 aliphatic carbocycles. The zero-order valence-electron chi connectivity index (χ0n) is 17.3. The van der Waals surface area contributed by atoms with E-state index in [1.807, 2.05) is 0 Å². The number of hydrogen-bond donors (Lipinski definition) is 2. The summed E-state index contributed by atoms with van der Waals surface area (Å²) in [5, 5.41) is 5.86. The number of carbonyl (C=O) groups is 2. The Hall–Kier alpha value is -3.42. The third kappa shape index (κ3) is 5.39. The minimum Gasteiger partial charge on any atom is -0.454 e. The summed E-state index contributed by atoms with van der Waals surface area (Å²) in [4.78, 5) is 24.4. The maximum atomic E-state index is 12.2. The van der Waals surface area contributed by atoms with Crippen LogP contribution in [0.2, 0.25) is 0 Å². The summed E-state index contributed by atoms with van der Waals surface area (Å²) < 4.78 is 21.1. The normalized spacial score (nSPS) is 13.2. The quantitative estimate of drug-likeness (QED) is 0.567. The fourth-order valence-electron chi connectivity index (χ4n) is 3.46. The first-order chi connectivity index (χ1) is 15.2. The van der Waals surface area contributed by atoms with Crippen LogP contribution in [0.4, 0.5) is 0 Å². The minimum absolute atomic E-state index is 0.107. The molecule has 0 saturated heterocycles. The largest absolute Gasteiger partial charge is 0.454 e. The standard InChI is InChI=1S/C23H26N2O6/c26-22(16-6-8-18-20(12-16)30-14-28-18)24-10-4-2-1-3-5-11-25-23(27)17-7-9-19-21(13-17)31-15-29-19/h6-9,12-13H,1-5,10-11,14-15H2,(H,24,26)(H,25,27). The van der Waals surface area contributed by atoms with Gasteiger partial charge < -0.3 is 29.6 Å². The second-order valence-electron chi connectivity index (χ2n) is 7.42. The van der Waals surface area contributed by atoms with Gasteiger partial charge in [-0.2, -0.15) is 0 Å². The molecular formula is C23H26N2O6. The first-order valence-electron chi connectivity index (χ1n) is 10.6. The second kappa shape index (κ2) is 10.1. The summed E-state index contributed by atoms with van der Waals surface area (Å²) in [6.45, 7) is 1.66. The van der Waals surface area contributed by atoms with Crippen LogP contribution in [0.3, 0.4) is 0 Å². The van der Waals surface area contributed by atoms with Crippen molar-refractivity contribution < 1.29 is 28.5 Å². The summed E-state index contributed by atoms with van der Waals surface area (Å²) in [7, 11) is 0. The van der Waals surface area contributed by atoms with Gasteiger partial charge in [-0.25, -0.2) is 0 Å². The Kier molecular flexibility index (Phi) is 6.76. The summed E-state index contributed by atoms with van der Waals surface area (Å²) in [5.41, 5.74) is 1.14. The van der Waals surface area contributed by atoms with E-state index < -0.39 is 0 Å². The van der Waals surface area contributed by atoms with Gasteiger partial charge in [0, 0.05) is 24.2 Å². The highest BCUT2D eigenvalue weighted by Gasteiger charge is 2.17. The fourth-order valence-corrected chi connectivity index (χ4v) is 3.46. The molecule has 2 aromatic rings. The van der Waals surface area contributed by atoms with Gasteiger partial charge in [0.2, 0.25) is 13.6 Å². The van der Waals surface area contributed by atoms with Gasteiger partial charge in [0.05, 0.1) is 0 Å². The van der Waals surface area contributed by atoms with Crippen molar-refractivity contribution in [2.45, 2.75) is 32.1 Å². The number of fused-ring (bicyclic) bond motifs is 2. The van der Waals surface area contributed by atoms with E-state index in [1.54, 1.807) is 36.4 Å². The number of amides is 2. The summed E-state index contributed by atoms with van der Waals surface area (Å²) in [6, 6.07) is 10.4. The molecule has 2 amide bonds. The Morgan fingerprint density at radius 3 is 1.52 bits per heavy atom. The molecule has 8 heteroatoms. The number of nitrogens with one attached hydrogen (secondary N) is 2. The van der Waals surface area contributed by atoms with Gasteiger partial charge in [-0.15, -0.1) is 0 Å². The summed E-state index contributed by atoms with van der Waals surface area (Å²) >= 11 is 0. The average Bonchev–Trinajstić information content (AvgIpc) is 3.45. The highest BCUT2D eigenvalue weighted by molar-refractivity contribution is 5.95. The van der Waals surface area contributed by atoms with E-state index in [0.29, 0.717) is 47.2 Å². The number of benzene rings is 2. The zero-order valence-corrected chi connectivity index (χ0v) is 17.3. The van der Waals surface area contributed by atoms with Crippen LogP contribution >= 0.6 is 0 Å². The van der Waals surface area contributed by atoms with Crippen molar-refractivity contribution in [2.75, 3.05) is 26.7 Å². The lowest BCUT2D eigenvalue weighted by atomic mass is 10.1. The third-order valence-electron chi connectivity index (χ3n) is 5.19. The molecule has 0 atom stereocenters. The van der Waals surface area contributed by atoms with Gasteiger partial charge in [0.15, 0.2) is 23.0 Å². The van der Waals surface area contributed by atoms with Crippen LogP contribution in [0.5, 0.6) is 23.0 Å².